The molecule has 0 aliphatic rings. The monoisotopic (exact) mass is 228 g/mol. The van der Waals surface area contributed by atoms with Crippen molar-refractivity contribution >= 4 is 25.8 Å². The van der Waals surface area contributed by atoms with Crippen molar-refractivity contribution in [1.82, 2.24) is 0 Å². The number of rotatable bonds is 3. The Balaban J connectivity index is 3.99. The minimum absolute atomic E-state index is 0.234. The van der Waals surface area contributed by atoms with Crippen LogP contribution in [0.15, 0.2) is 0 Å². The summed E-state index contributed by atoms with van der Waals surface area (Å²) in [5, 5.41) is -0.234. The molecule has 0 aliphatic heterocycles. The standard InChI is InChI=1S/C6H13BrO2S/c1-5(7)4-6(2)10(3,8)9/h5-6H,4H2,1-3H3. The molecule has 2 nitrogen and oxygen atoms in total. The second-order valence-electron chi connectivity index (χ2n) is 2.66. The molecule has 2 atom stereocenters. The zero-order chi connectivity index (χ0) is 8.36. The van der Waals surface area contributed by atoms with E-state index in [1.807, 2.05) is 6.92 Å². The molecule has 0 saturated heterocycles. The van der Waals surface area contributed by atoms with E-state index in [9.17, 15) is 8.42 Å². The average molecular weight is 229 g/mol. The van der Waals surface area contributed by atoms with Crippen LogP contribution >= 0.6 is 15.9 Å². The first kappa shape index (κ1) is 10.4. The van der Waals surface area contributed by atoms with Crippen molar-refractivity contribution in [3.05, 3.63) is 0 Å². The first-order valence-electron chi connectivity index (χ1n) is 3.17. The molecule has 0 bridgehead atoms. The Morgan fingerprint density at radius 3 is 1.90 bits per heavy atom. The quantitative estimate of drug-likeness (QED) is 0.689. The summed E-state index contributed by atoms with van der Waals surface area (Å²) >= 11 is 3.30. The van der Waals surface area contributed by atoms with E-state index < -0.39 is 9.84 Å². The lowest BCUT2D eigenvalue weighted by Gasteiger charge is -2.09. The molecule has 62 valence electrons. The van der Waals surface area contributed by atoms with Gasteiger partial charge in [-0.25, -0.2) is 8.42 Å². The highest BCUT2D eigenvalue weighted by Gasteiger charge is 2.15. The van der Waals surface area contributed by atoms with Crippen LogP contribution in [0, 0.1) is 0 Å². The van der Waals surface area contributed by atoms with Crippen molar-refractivity contribution in [3.8, 4) is 0 Å². The molecule has 0 aromatic carbocycles. The number of hydrogen-bond acceptors (Lipinski definition) is 2. The topological polar surface area (TPSA) is 34.1 Å². The highest BCUT2D eigenvalue weighted by Crippen LogP contribution is 2.12. The summed E-state index contributed by atoms with van der Waals surface area (Å²) in [6.07, 6.45) is 1.95. The van der Waals surface area contributed by atoms with Gasteiger partial charge in [0.25, 0.3) is 0 Å². The SMILES string of the molecule is CC(Br)CC(C)S(C)(=O)=O. The van der Waals surface area contributed by atoms with E-state index in [1.54, 1.807) is 6.92 Å². The molecule has 0 radical (unpaired) electrons. The van der Waals surface area contributed by atoms with E-state index in [0.29, 0.717) is 6.42 Å². The van der Waals surface area contributed by atoms with Crippen molar-refractivity contribution in [2.45, 2.75) is 30.3 Å². The Morgan fingerprint density at radius 1 is 1.40 bits per heavy atom. The van der Waals surface area contributed by atoms with Gasteiger partial charge in [-0.3, -0.25) is 0 Å². The lowest BCUT2D eigenvalue weighted by Crippen LogP contribution is -2.18. The van der Waals surface area contributed by atoms with Gasteiger partial charge in [0.2, 0.25) is 0 Å². The molecule has 4 heteroatoms. The van der Waals surface area contributed by atoms with Gasteiger partial charge in [0.15, 0.2) is 0 Å². The van der Waals surface area contributed by atoms with E-state index in [2.05, 4.69) is 15.9 Å². The van der Waals surface area contributed by atoms with Crippen LogP contribution in [-0.4, -0.2) is 24.8 Å². The first-order valence-corrected chi connectivity index (χ1v) is 6.04. The molecule has 0 aromatic rings. The first-order chi connectivity index (χ1) is 4.34. The van der Waals surface area contributed by atoms with E-state index in [0.717, 1.165) is 0 Å². The molecule has 0 heterocycles. The average Bonchev–Trinajstić information content (AvgIpc) is 1.60. The predicted molar refractivity (Wildman–Crippen MR) is 47.3 cm³/mol. The Hall–Kier alpha value is 0.430. The zero-order valence-electron chi connectivity index (χ0n) is 6.46. The van der Waals surface area contributed by atoms with Crippen molar-refractivity contribution < 1.29 is 8.42 Å². The Morgan fingerprint density at radius 2 is 1.80 bits per heavy atom. The van der Waals surface area contributed by atoms with Gasteiger partial charge in [-0.2, -0.15) is 0 Å². The van der Waals surface area contributed by atoms with Crippen molar-refractivity contribution in [3.63, 3.8) is 0 Å². The molecular weight excluding hydrogens is 216 g/mol. The van der Waals surface area contributed by atoms with Crippen LogP contribution < -0.4 is 0 Å². The molecule has 0 rings (SSSR count). The lowest BCUT2D eigenvalue weighted by atomic mass is 10.3. The molecule has 0 saturated carbocycles. The number of hydrogen-bond donors (Lipinski definition) is 0. The molecule has 0 amide bonds. The highest BCUT2D eigenvalue weighted by molar-refractivity contribution is 9.09. The summed E-state index contributed by atoms with van der Waals surface area (Å²) in [6, 6.07) is 0. The van der Waals surface area contributed by atoms with Crippen LogP contribution in [0.5, 0.6) is 0 Å². The Labute approximate surface area is 71.1 Å². The van der Waals surface area contributed by atoms with Gasteiger partial charge in [0, 0.05) is 11.1 Å². The summed E-state index contributed by atoms with van der Waals surface area (Å²) in [6.45, 7) is 3.68. The molecule has 2 unspecified atom stereocenters. The van der Waals surface area contributed by atoms with Crippen LogP contribution in [0.1, 0.15) is 20.3 Å². The fourth-order valence-electron chi connectivity index (χ4n) is 0.632. The number of alkyl halides is 1. The van der Waals surface area contributed by atoms with Gasteiger partial charge in [-0.1, -0.05) is 22.9 Å². The summed E-state index contributed by atoms with van der Waals surface area (Å²) in [5.74, 6) is 0. The Bertz CT molecular complexity index is 184. The highest BCUT2D eigenvalue weighted by atomic mass is 79.9. The van der Waals surface area contributed by atoms with Gasteiger partial charge >= 0.3 is 0 Å². The van der Waals surface area contributed by atoms with Gasteiger partial charge in [-0.05, 0) is 13.3 Å². The molecular formula is C6H13BrO2S. The molecule has 0 aliphatic carbocycles. The second kappa shape index (κ2) is 3.72. The fourth-order valence-corrected chi connectivity index (χ4v) is 2.08. The number of sulfone groups is 1. The van der Waals surface area contributed by atoms with E-state index in [-0.39, 0.29) is 10.1 Å². The normalized spacial score (nSPS) is 18.4. The van der Waals surface area contributed by atoms with E-state index >= 15 is 0 Å². The summed E-state index contributed by atoms with van der Waals surface area (Å²) in [5.41, 5.74) is 0. The maximum absolute atomic E-state index is 10.8. The minimum atomic E-state index is -2.83. The van der Waals surface area contributed by atoms with Crippen LogP contribution in [0.25, 0.3) is 0 Å². The van der Waals surface area contributed by atoms with Gasteiger partial charge in [0.1, 0.15) is 9.84 Å². The van der Waals surface area contributed by atoms with Gasteiger partial charge in [0.05, 0.1) is 5.25 Å². The number of halogens is 1. The van der Waals surface area contributed by atoms with Crippen molar-refractivity contribution in [2.24, 2.45) is 0 Å². The molecule has 0 fully saturated rings. The molecule has 0 N–H and O–H groups in total. The molecule has 0 aromatic heterocycles. The molecule has 0 spiro atoms. The van der Waals surface area contributed by atoms with Crippen LogP contribution in [-0.2, 0) is 9.84 Å². The third-order valence-electron chi connectivity index (χ3n) is 1.39. The zero-order valence-corrected chi connectivity index (χ0v) is 8.87. The molecule has 10 heavy (non-hydrogen) atoms. The maximum Gasteiger partial charge on any atom is 0.150 e. The van der Waals surface area contributed by atoms with Gasteiger partial charge < -0.3 is 0 Å². The fraction of sp³-hybridized carbons (Fsp3) is 1.00. The third-order valence-corrected chi connectivity index (χ3v) is 3.42. The Kier molecular flexibility index (Phi) is 3.88. The second-order valence-corrected chi connectivity index (χ2v) is 6.68. The van der Waals surface area contributed by atoms with Crippen LogP contribution in [0.2, 0.25) is 0 Å². The predicted octanol–water partition coefficient (Wildman–Crippen LogP) is 1.59. The largest absolute Gasteiger partial charge is 0.229 e. The smallest absolute Gasteiger partial charge is 0.150 e. The summed E-state index contributed by atoms with van der Waals surface area (Å²) in [4.78, 5) is 0.275. The van der Waals surface area contributed by atoms with Crippen LogP contribution in [0.3, 0.4) is 0 Å². The summed E-state index contributed by atoms with van der Waals surface area (Å²) in [7, 11) is -2.83. The third kappa shape index (κ3) is 4.28. The van der Waals surface area contributed by atoms with Gasteiger partial charge in [-0.15, -0.1) is 0 Å². The maximum atomic E-state index is 10.8. The van der Waals surface area contributed by atoms with Crippen LogP contribution in [0.4, 0.5) is 0 Å². The lowest BCUT2D eigenvalue weighted by molar-refractivity contribution is 0.583. The van der Waals surface area contributed by atoms with E-state index in [4.69, 9.17) is 0 Å². The van der Waals surface area contributed by atoms with Crippen molar-refractivity contribution in [2.75, 3.05) is 6.26 Å². The summed E-state index contributed by atoms with van der Waals surface area (Å²) < 4.78 is 21.7. The van der Waals surface area contributed by atoms with Crippen molar-refractivity contribution in [1.29, 1.82) is 0 Å². The minimum Gasteiger partial charge on any atom is -0.229 e. The van der Waals surface area contributed by atoms with E-state index in [1.165, 1.54) is 6.26 Å².